The van der Waals surface area contributed by atoms with Gasteiger partial charge in [-0.2, -0.15) is 0 Å². The van der Waals surface area contributed by atoms with Gasteiger partial charge in [0.2, 0.25) is 0 Å². The standard InChI is InChI=1S/C12H15Br2N/c1-9-5-6-10(8-15-9)12(14)7-3-2-4-11(12)13/h5-6,8,11H,2-4,7H2,1H3. The van der Waals surface area contributed by atoms with Gasteiger partial charge < -0.3 is 0 Å². The van der Waals surface area contributed by atoms with Gasteiger partial charge in [-0.25, -0.2) is 0 Å². The number of alkyl halides is 2. The van der Waals surface area contributed by atoms with E-state index in [0.717, 1.165) is 5.69 Å². The van der Waals surface area contributed by atoms with Crippen LogP contribution in [0.3, 0.4) is 0 Å². The fourth-order valence-electron chi connectivity index (χ4n) is 2.13. The first-order chi connectivity index (χ1) is 7.13. The lowest BCUT2D eigenvalue weighted by Crippen LogP contribution is -2.32. The van der Waals surface area contributed by atoms with Crippen molar-refractivity contribution in [2.75, 3.05) is 0 Å². The summed E-state index contributed by atoms with van der Waals surface area (Å²) in [5.74, 6) is 0. The average molecular weight is 333 g/mol. The van der Waals surface area contributed by atoms with Gasteiger partial charge in [-0.05, 0) is 31.4 Å². The van der Waals surface area contributed by atoms with Gasteiger partial charge in [0.15, 0.2) is 0 Å². The lowest BCUT2D eigenvalue weighted by molar-refractivity contribution is 0.432. The average Bonchev–Trinajstić information content (AvgIpc) is 2.23. The summed E-state index contributed by atoms with van der Waals surface area (Å²) in [7, 11) is 0. The molecular weight excluding hydrogens is 318 g/mol. The van der Waals surface area contributed by atoms with Crippen LogP contribution >= 0.6 is 31.9 Å². The summed E-state index contributed by atoms with van der Waals surface area (Å²) in [4.78, 5) is 4.90. The molecule has 0 aliphatic heterocycles. The third kappa shape index (κ3) is 2.28. The minimum absolute atomic E-state index is 0.0892. The minimum Gasteiger partial charge on any atom is -0.261 e. The van der Waals surface area contributed by atoms with Crippen LogP contribution in [0, 0.1) is 6.92 Å². The Morgan fingerprint density at radius 2 is 2.20 bits per heavy atom. The Balaban J connectivity index is 2.30. The first-order valence-corrected chi connectivity index (χ1v) is 7.10. The third-order valence-electron chi connectivity index (χ3n) is 3.14. The number of hydrogen-bond donors (Lipinski definition) is 0. The van der Waals surface area contributed by atoms with Crippen LogP contribution in [0.1, 0.15) is 36.9 Å². The van der Waals surface area contributed by atoms with Crippen molar-refractivity contribution in [1.29, 1.82) is 0 Å². The van der Waals surface area contributed by atoms with Crippen LogP contribution in [0.2, 0.25) is 0 Å². The Morgan fingerprint density at radius 1 is 1.40 bits per heavy atom. The van der Waals surface area contributed by atoms with E-state index < -0.39 is 0 Å². The lowest BCUT2D eigenvalue weighted by Gasteiger charge is -2.36. The van der Waals surface area contributed by atoms with Crippen LogP contribution in [0.4, 0.5) is 0 Å². The Bertz CT molecular complexity index is 336. The molecule has 0 radical (unpaired) electrons. The van der Waals surface area contributed by atoms with Crippen LogP contribution in [-0.4, -0.2) is 9.81 Å². The zero-order chi connectivity index (χ0) is 10.9. The van der Waals surface area contributed by atoms with E-state index in [1.807, 2.05) is 13.1 Å². The molecule has 1 aliphatic rings. The van der Waals surface area contributed by atoms with Crippen molar-refractivity contribution in [2.45, 2.75) is 41.8 Å². The zero-order valence-corrected chi connectivity index (χ0v) is 12.0. The van der Waals surface area contributed by atoms with Crippen molar-refractivity contribution < 1.29 is 0 Å². The van der Waals surface area contributed by atoms with Crippen molar-refractivity contribution in [2.24, 2.45) is 0 Å². The number of aryl methyl sites for hydroxylation is 1. The van der Waals surface area contributed by atoms with Crippen LogP contribution in [0.15, 0.2) is 18.3 Å². The van der Waals surface area contributed by atoms with Gasteiger partial charge in [-0.3, -0.25) is 4.98 Å². The Morgan fingerprint density at radius 3 is 2.80 bits per heavy atom. The highest BCUT2D eigenvalue weighted by molar-refractivity contribution is 9.12. The predicted molar refractivity (Wildman–Crippen MR) is 70.8 cm³/mol. The Labute approximate surface area is 108 Å². The van der Waals surface area contributed by atoms with E-state index in [1.54, 1.807) is 0 Å². The van der Waals surface area contributed by atoms with Crippen molar-refractivity contribution >= 4 is 31.9 Å². The van der Waals surface area contributed by atoms with Crippen molar-refractivity contribution in [1.82, 2.24) is 4.98 Å². The summed E-state index contributed by atoms with van der Waals surface area (Å²) in [6.45, 7) is 2.02. The molecule has 1 nitrogen and oxygen atoms in total. The molecule has 1 aromatic heterocycles. The number of pyridine rings is 1. The summed E-state index contributed by atoms with van der Waals surface area (Å²) < 4.78 is 0.0892. The fourth-order valence-corrected chi connectivity index (χ4v) is 3.69. The van der Waals surface area contributed by atoms with Crippen LogP contribution in [0.25, 0.3) is 0 Å². The molecule has 1 aromatic rings. The minimum atomic E-state index is 0.0892. The third-order valence-corrected chi connectivity index (χ3v) is 6.40. The first kappa shape index (κ1) is 11.6. The monoisotopic (exact) mass is 331 g/mol. The highest BCUT2D eigenvalue weighted by Crippen LogP contribution is 2.47. The molecule has 0 aromatic carbocycles. The summed E-state index contributed by atoms with van der Waals surface area (Å²) in [5.41, 5.74) is 2.38. The van der Waals surface area contributed by atoms with Crippen LogP contribution in [-0.2, 0) is 4.32 Å². The predicted octanol–water partition coefficient (Wildman–Crippen LogP) is 4.32. The van der Waals surface area contributed by atoms with E-state index in [9.17, 15) is 0 Å². The second-order valence-corrected chi connectivity index (χ2v) is 6.78. The maximum absolute atomic E-state index is 4.38. The lowest BCUT2D eigenvalue weighted by atomic mass is 9.84. The molecule has 82 valence electrons. The number of rotatable bonds is 1. The molecule has 3 heteroatoms. The molecular formula is C12H15Br2N. The second kappa shape index (κ2) is 4.54. The van der Waals surface area contributed by atoms with Gasteiger partial charge in [0.25, 0.3) is 0 Å². The van der Waals surface area contributed by atoms with Gasteiger partial charge in [0.1, 0.15) is 0 Å². The molecule has 2 unspecified atom stereocenters. The molecule has 0 N–H and O–H groups in total. The van der Waals surface area contributed by atoms with Gasteiger partial charge >= 0.3 is 0 Å². The number of hydrogen-bond acceptors (Lipinski definition) is 1. The zero-order valence-electron chi connectivity index (χ0n) is 8.84. The van der Waals surface area contributed by atoms with E-state index in [2.05, 4.69) is 49.0 Å². The highest BCUT2D eigenvalue weighted by Gasteiger charge is 2.38. The summed E-state index contributed by atoms with van der Waals surface area (Å²) >= 11 is 7.70. The van der Waals surface area contributed by atoms with E-state index in [-0.39, 0.29) is 4.32 Å². The maximum atomic E-state index is 4.38. The van der Waals surface area contributed by atoms with Gasteiger partial charge in [-0.15, -0.1) is 0 Å². The van der Waals surface area contributed by atoms with Gasteiger partial charge in [0.05, 0.1) is 4.32 Å². The molecule has 1 saturated carbocycles. The van der Waals surface area contributed by atoms with Gasteiger partial charge in [-0.1, -0.05) is 50.8 Å². The summed E-state index contributed by atoms with van der Waals surface area (Å²) in [6.07, 6.45) is 7.04. The van der Waals surface area contributed by atoms with E-state index in [0.29, 0.717) is 4.83 Å². The fraction of sp³-hybridized carbons (Fsp3) is 0.583. The van der Waals surface area contributed by atoms with E-state index >= 15 is 0 Å². The Hall–Kier alpha value is 0.110. The number of aromatic nitrogens is 1. The molecule has 0 bridgehead atoms. The van der Waals surface area contributed by atoms with Crippen molar-refractivity contribution in [3.8, 4) is 0 Å². The molecule has 2 atom stereocenters. The molecule has 0 spiro atoms. The first-order valence-electron chi connectivity index (χ1n) is 5.39. The molecule has 0 saturated heterocycles. The Kier molecular flexibility index (Phi) is 3.51. The highest BCUT2D eigenvalue weighted by atomic mass is 79.9. The molecule has 15 heavy (non-hydrogen) atoms. The summed E-state index contributed by atoms with van der Waals surface area (Å²) in [6, 6.07) is 4.28. The molecule has 2 rings (SSSR count). The normalized spacial score (nSPS) is 31.5. The molecule has 1 heterocycles. The SMILES string of the molecule is Cc1ccc(C2(Br)CCCCC2Br)cn1. The van der Waals surface area contributed by atoms with Crippen LogP contribution in [0.5, 0.6) is 0 Å². The molecule has 1 aliphatic carbocycles. The van der Waals surface area contributed by atoms with E-state index in [4.69, 9.17) is 0 Å². The van der Waals surface area contributed by atoms with Gasteiger partial charge in [0, 0.05) is 16.7 Å². The van der Waals surface area contributed by atoms with Crippen molar-refractivity contribution in [3.63, 3.8) is 0 Å². The van der Waals surface area contributed by atoms with Crippen molar-refractivity contribution in [3.05, 3.63) is 29.6 Å². The largest absolute Gasteiger partial charge is 0.261 e. The quantitative estimate of drug-likeness (QED) is 0.698. The summed E-state index contributed by atoms with van der Waals surface area (Å²) in [5, 5.41) is 0. The second-order valence-electron chi connectivity index (χ2n) is 4.26. The smallest absolute Gasteiger partial charge is 0.0645 e. The molecule has 0 amide bonds. The maximum Gasteiger partial charge on any atom is 0.0645 e. The van der Waals surface area contributed by atoms with E-state index in [1.165, 1.54) is 31.2 Å². The number of nitrogens with zero attached hydrogens (tertiary/aromatic N) is 1. The van der Waals surface area contributed by atoms with Crippen LogP contribution < -0.4 is 0 Å². The molecule has 1 fully saturated rings. The topological polar surface area (TPSA) is 12.9 Å². The number of halogens is 2.